The third kappa shape index (κ3) is 2.38. The van der Waals surface area contributed by atoms with E-state index in [4.69, 9.17) is 0 Å². The van der Waals surface area contributed by atoms with Crippen LogP contribution in [0.25, 0.3) is 0 Å². The second kappa shape index (κ2) is 5.06. The van der Waals surface area contributed by atoms with Crippen molar-refractivity contribution in [2.45, 2.75) is 39.2 Å². The summed E-state index contributed by atoms with van der Waals surface area (Å²) in [6.45, 7) is 3.65. The number of hydrogen-bond acceptors (Lipinski definition) is 4. The first-order valence-electron chi connectivity index (χ1n) is 6.51. The summed E-state index contributed by atoms with van der Waals surface area (Å²) < 4.78 is 0. The Balaban J connectivity index is 1.93. The van der Waals surface area contributed by atoms with Crippen molar-refractivity contribution < 1.29 is 15.3 Å². The zero-order valence-electron chi connectivity index (χ0n) is 10.7. The highest BCUT2D eigenvalue weighted by molar-refractivity contribution is 5.52. The molecule has 0 unspecified atom stereocenters. The molecule has 4 nitrogen and oxygen atoms in total. The third-order valence-corrected chi connectivity index (χ3v) is 4.19. The molecule has 0 atom stereocenters. The summed E-state index contributed by atoms with van der Waals surface area (Å²) in [6.07, 6.45) is 5.01. The number of nitrogens with one attached hydrogen (secondary N) is 1. The van der Waals surface area contributed by atoms with Crippen LogP contribution in [0.1, 0.15) is 38.2 Å². The zero-order valence-corrected chi connectivity index (χ0v) is 10.7. The molecule has 0 saturated heterocycles. The van der Waals surface area contributed by atoms with E-state index in [1.807, 2.05) is 0 Å². The van der Waals surface area contributed by atoms with Crippen LogP contribution in [0, 0.1) is 5.41 Å². The summed E-state index contributed by atoms with van der Waals surface area (Å²) in [7, 11) is 0. The monoisotopic (exact) mass is 251 g/mol. The number of phenols is 3. The molecular formula is C14H21NO3. The van der Waals surface area contributed by atoms with Gasteiger partial charge in [-0.2, -0.15) is 0 Å². The van der Waals surface area contributed by atoms with E-state index in [-0.39, 0.29) is 11.5 Å². The largest absolute Gasteiger partial charge is 0.504 e. The Kier molecular flexibility index (Phi) is 3.66. The first-order valence-corrected chi connectivity index (χ1v) is 6.51. The highest BCUT2D eigenvalue weighted by atomic mass is 16.3. The Morgan fingerprint density at radius 1 is 1.17 bits per heavy atom. The maximum absolute atomic E-state index is 9.69. The van der Waals surface area contributed by atoms with Crippen molar-refractivity contribution >= 4 is 0 Å². The van der Waals surface area contributed by atoms with Gasteiger partial charge < -0.3 is 20.6 Å². The van der Waals surface area contributed by atoms with Gasteiger partial charge >= 0.3 is 0 Å². The third-order valence-electron chi connectivity index (χ3n) is 4.19. The molecule has 1 aliphatic carbocycles. The minimum atomic E-state index is -0.442. The lowest BCUT2D eigenvalue weighted by molar-refractivity contribution is 0.123. The van der Waals surface area contributed by atoms with Gasteiger partial charge in [-0.25, -0.2) is 0 Å². The average Bonchev–Trinajstić information content (AvgIpc) is 2.32. The Hall–Kier alpha value is -1.42. The summed E-state index contributed by atoms with van der Waals surface area (Å²) in [6, 6.07) is 3.02. The van der Waals surface area contributed by atoms with Gasteiger partial charge in [0.05, 0.1) is 0 Å². The molecule has 0 aliphatic heterocycles. The Labute approximate surface area is 107 Å². The summed E-state index contributed by atoms with van der Waals surface area (Å²) in [4.78, 5) is 0. The van der Waals surface area contributed by atoms with Gasteiger partial charge in [0, 0.05) is 18.7 Å². The maximum Gasteiger partial charge on any atom is 0.200 e. The van der Waals surface area contributed by atoms with E-state index in [0.29, 0.717) is 17.5 Å². The second-order valence-electron chi connectivity index (χ2n) is 5.25. The number of rotatable bonds is 5. The molecule has 1 aliphatic rings. The van der Waals surface area contributed by atoms with Crippen LogP contribution >= 0.6 is 0 Å². The lowest BCUT2D eigenvalue weighted by Gasteiger charge is -2.41. The average molecular weight is 251 g/mol. The molecule has 1 fully saturated rings. The predicted octanol–water partition coefficient (Wildman–Crippen LogP) is 2.47. The number of benzene rings is 1. The number of phenolic OH excluding ortho intramolecular Hbond substituents is 3. The van der Waals surface area contributed by atoms with Crippen LogP contribution in [0.3, 0.4) is 0 Å². The van der Waals surface area contributed by atoms with Gasteiger partial charge in [0.1, 0.15) is 0 Å². The first-order chi connectivity index (χ1) is 8.58. The Bertz CT molecular complexity index is 422. The molecule has 1 saturated carbocycles. The van der Waals surface area contributed by atoms with Crippen molar-refractivity contribution in [1.29, 1.82) is 0 Å². The van der Waals surface area contributed by atoms with Gasteiger partial charge in [-0.15, -0.1) is 0 Å². The number of hydrogen-bond donors (Lipinski definition) is 4. The van der Waals surface area contributed by atoms with E-state index < -0.39 is 5.75 Å². The molecule has 4 heteroatoms. The van der Waals surface area contributed by atoms with Crippen molar-refractivity contribution in [3.8, 4) is 17.2 Å². The fourth-order valence-electron chi connectivity index (χ4n) is 2.55. The van der Waals surface area contributed by atoms with E-state index in [1.165, 1.54) is 31.7 Å². The second-order valence-corrected chi connectivity index (χ2v) is 5.25. The highest BCUT2D eigenvalue weighted by Crippen LogP contribution is 2.43. The van der Waals surface area contributed by atoms with E-state index in [1.54, 1.807) is 6.07 Å². The van der Waals surface area contributed by atoms with Gasteiger partial charge in [0.15, 0.2) is 11.5 Å². The minimum absolute atomic E-state index is 0.235. The topological polar surface area (TPSA) is 72.7 Å². The summed E-state index contributed by atoms with van der Waals surface area (Å²) in [5.41, 5.74) is 1.03. The molecule has 2 rings (SSSR count). The summed E-state index contributed by atoms with van der Waals surface area (Å²) >= 11 is 0. The minimum Gasteiger partial charge on any atom is -0.504 e. The SMILES string of the molecule is CCC1(CNCc2ccc(O)c(O)c2O)CCC1. The van der Waals surface area contributed by atoms with E-state index in [2.05, 4.69) is 12.2 Å². The molecule has 1 aromatic rings. The van der Waals surface area contributed by atoms with Crippen LogP contribution in [0.5, 0.6) is 17.2 Å². The van der Waals surface area contributed by atoms with E-state index in [0.717, 1.165) is 6.54 Å². The van der Waals surface area contributed by atoms with Crippen molar-refractivity contribution in [3.05, 3.63) is 17.7 Å². The number of aromatic hydroxyl groups is 3. The molecule has 0 amide bonds. The molecule has 1 aromatic carbocycles. The summed E-state index contributed by atoms with van der Waals surface area (Å²) in [5.74, 6) is -0.968. The standard InChI is InChI=1S/C14H21NO3/c1-2-14(6-3-7-14)9-15-8-10-4-5-11(16)13(18)12(10)17/h4-5,15-18H,2-3,6-9H2,1H3. The smallest absolute Gasteiger partial charge is 0.200 e. The maximum atomic E-state index is 9.69. The van der Waals surface area contributed by atoms with Crippen LogP contribution in [0.2, 0.25) is 0 Å². The van der Waals surface area contributed by atoms with Crippen LogP contribution < -0.4 is 5.32 Å². The van der Waals surface area contributed by atoms with Gasteiger partial charge in [0.2, 0.25) is 5.75 Å². The van der Waals surface area contributed by atoms with Crippen molar-refractivity contribution in [2.75, 3.05) is 6.54 Å². The fraction of sp³-hybridized carbons (Fsp3) is 0.571. The first kappa shape index (κ1) is 13.0. The van der Waals surface area contributed by atoms with E-state index in [9.17, 15) is 15.3 Å². The Morgan fingerprint density at radius 2 is 1.89 bits per heavy atom. The van der Waals surface area contributed by atoms with Crippen LogP contribution in [0.4, 0.5) is 0 Å². The molecule has 4 N–H and O–H groups in total. The van der Waals surface area contributed by atoms with Gasteiger partial charge in [0.25, 0.3) is 0 Å². The normalized spacial score (nSPS) is 17.4. The quantitative estimate of drug-likeness (QED) is 0.607. The predicted molar refractivity (Wildman–Crippen MR) is 69.7 cm³/mol. The van der Waals surface area contributed by atoms with Crippen LogP contribution in [0.15, 0.2) is 12.1 Å². The molecular weight excluding hydrogens is 230 g/mol. The lowest BCUT2D eigenvalue weighted by Crippen LogP contribution is -2.39. The van der Waals surface area contributed by atoms with E-state index >= 15 is 0 Å². The zero-order chi connectivity index (χ0) is 13.2. The molecule has 0 radical (unpaired) electrons. The van der Waals surface area contributed by atoms with Crippen molar-refractivity contribution in [1.82, 2.24) is 5.32 Å². The lowest BCUT2D eigenvalue weighted by atomic mass is 9.67. The highest BCUT2D eigenvalue weighted by Gasteiger charge is 2.34. The van der Waals surface area contributed by atoms with Crippen LogP contribution in [-0.4, -0.2) is 21.9 Å². The molecule has 0 aromatic heterocycles. The molecule has 0 spiro atoms. The Morgan fingerprint density at radius 3 is 2.44 bits per heavy atom. The van der Waals surface area contributed by atoms with Gasteiger partial charge in [-0.1, -0.05) is 19.4 Å². The van der Waals surface area contributed by atoms with Gasteiger partial charge in [-0.05, 0) is 30.7 Å². The van der Waals surface area contributed by atoms with Crippen molar-refractivity contribution in [3.63, 3.8) is 0 Å². The van der Waals surface area contributed by atoms with Gasteiger partial charge in [-0.3, -0.25) is 0 Å². The molecule has 100 valence electrons. The summed E-state index contributed by atoms with van der Waals surface area (Å²) in [5, 5.41) is 31.7. The molecule has 0 bridgehead atoms. The molecule has 18 heavy (non-hydrogen) atoms. The van der Waals surface area contributed by atoms with Crippen LogP contribution in [-0.2, 0) is 6.54 Å². The fourth-order valence-corrected chi connectivity index (χ4v) is 2.55. The van der Waals surface area contributed by atoms with Crippen molar-refractivity contribution in [2.24, 2.45) is 5.41 Å². The molecule has 0 heterocycles.